The molecule has 1 aromatic rings. The molecule has 0 radical (unpaired) electrons. The Morgan fingerprint density at radius 1 is 1.69 bits per heavy atom. The minimum Gasteiger partial charge on any atom is -0.347 e. The molecule has 0 saturated heterocycles. The molecule has 0 saturated carbocycles. The minimum atomic E-state index is -0.0858. The van der Waals surface area contributed by atoms with Crippen LogP contribution in [0, 0.1) is 0 Å². The van der Waals surface area contributed by atoms with Crippen molar-refractivity contribution in [3.8, 4) is 0 Å². The van der Waals surface area contributed by atoms with E-state index in [9.17, 15) is 4.79 Å². The molecule has 1 N–H and O–H groups in total. The molecular formula is C10H10BrN3OS. The number of aromatic nitrogens is 1. The van der Waals surface area contributed by atoms with E-state index in [2.05, 4.69) is 26.2 Å². The van der Waals surface area contributed by atoms with Crippen LogP contribution >= 0.6 is 28.1 Å². The third kappa shape index (κ3) is 2.08. The molecule has 0 aromatic carbocycles. The first-order valence-electron chi connectivity index (χ1n) is 4.86. The van der Waals surface area contributed by atoms with Crippen molar-refractivity contribution in [1.29, 1.82) is 0 Å². The Bertz CT molecular complexity index is 463. The average Bonchev–Trinajstić information content (AvgIpc) is 2.35. The molecule has 0 fully saturated rings. The molecule has 2 heterocycles. The van der Waals surface area contributed by atoms with Crippen LogP contribution in [0.1, 0.15) is 17.4 Å². The third-order valence-corrected chi connectivity index (χ3v) is 3.00. The maximum absolute atomic E-state index is 12.1. The van der Waals surface area contributed by atoms with Crippen molar-refractivity contribution in [2.45, 2.75) is 6.92 Å². The maximum atomic E-state index is 12.1. The summed E-state index contributed by atoms with van der Waals surface area (Å²) in [6.45, 7) is 2.99. The monoisotopic (exact) mass is 299 g/mol. The Kier molecular flexibility index (Phi) is 3.20. The smallest absolute Gasteiger partial charge is 0.274 e. The molecule has 16 heavy (non-hydrogen) atoms. The summed E-state index contributed by atoms with van der Waals surface area (Å²) in [5.41, 5.74) is 1.09. The lowest BCUT2D eigenvalue weighted by molar-refractivity contribution is 0.0785. The van der Waals surface area contributed by atoms with Gasteiger partial charge < -0.3 is 10.2 Å². The van der Waals surface area contributed by atoms with E-state index in [1.165, 1.54) is 0 Å². The van der Waals surface area contributed by atoms with Gasteiger partial charge in [0, 0.05) is 17.2 Å². The van der Waals surface area contributed by atoms with Crippen molar-refractivity contribution in [1.82, 2.24) is 9.88 Å². The number of fused-ring (bicyclic) bond motifs is 1. The van der Waals surface area contributed by atoms with Crippen molar-refractivity contribution < 1.29 is 4.79 Å². The second-order valence-electron chi connectivity index (χ2n) is 3.42. The summed E-state index contributed by atoms with van der Waals surface area (Å²) in [6, 6.07) is 1.81. The van der Waals surface area contributed by atoms with E-state index in [-0.39, 0.29) is 5.91 Å². The van der Waals surface area contributed by atoms with Gasteiger partial charge in [0.25, 0.3) is 5.91 Å². The molecule has 0 bridgehead atoms. The van der Waals surface area contributed by atoms with Gasteiger partial charge in [-0.1, -0.05) is 12.2 Å². The fourth-order valence-electron chi connectivity index (χ4n) is 1.55. The number of likely N-dealkylation sites (N-methyl/N-ethyl adjacent to an activating group) is 1. The highest BCUT2D eigenvalue weighted by molar-refractivity contribution is 9.10. The number of carbonyl (C=O) groups excluding carboxylic acids is 1. The lowest BCUT2D eigenvalue weighted by Crippen LogP contribution is -2.34. The van der Waals surface area contributed by atoms with Crippen LogP contribution in [0.2, 0.25) is 0 Å². The highest BCUT2D eigenvalue weighted by atomic mass is 79.9. The van der Waals surface area contributed by atoms with Crippen LogP contribution in [0.15, 0.2) is 16.7 Å². The van der Waals surface area contributed by atoms with E-state index in [0.717, 1.165) is 4.47 Å². The second kappa shape index (κ2) is 4.47. The molecule has 0 unspecified atom stereocenters. The van der Waals surface area contributed by atoms with E-state index in [1.807, 2.05) is 13.0 Å². The molecule has 1 aliphatic rings. The normalized spacial score (nSPS) is 15.5. The summed E-state index contributed by atoms with van der Waals surface area (Å²) in [7, 11) is 0. The van der Waals surface area contributed by atoms with E-state index >= 15 is 0 Å². The number of nitrogens with zero attached hydrogens (tertiary/aromatic N) is 2. The third-order valence-electron chi connectivity index (χ3n) is 2.33. The zero-order chi connectivity index (χ0) is 11.7. The number of pyridine rings is 1. The van der Waals surface area contributed by atoms with Crippen LogP contribution in [0.3, 0.4) is 0 Å². The van der Waals surface area contributed by atoms with Crippen LogP contribution in [-0.2, 0) is 0 Å². The van der Waals surface area contributed by atoms with Gasteiger partial charge in [0.15, 0.2) is 5.69 Å². The molecule has 1 aromatic heterocycles. The van der Waals surface area contributed by atoms with Gasteiger partial charge >= 0.3 is 0 Å². The van der Waals surface area contributed by atoms with Crippen LogP contribution in [0.5, 0.6) is 0 Å². The summed E-state index contributed by atoms with van der Waals surface area (Å²) in [6.07, 6.45) is 1.61. The summed E-state index contributed by atoms with van der Waals surface area (Å²) in [5, 5.41) is 3.03. The van der Waals surface area contributed by atoms with Gasteiger partial charge in [0.2, 0.25) is 0 Å². The standard InChI is InChI=1S/C10H10BrN3OS/c1-2-14-5-8(16)13-7-3-6(11)4-12-9(7)10(14)15/h3-4H,2,5H2,1H3,(H,13,16). The molecule has 0 aliphatic carbocycles. The van der Waals surface area contributed by atoms with Crippen molar-refractivity contribution in [2.75, 3.05) is 18.4 Å². The molecule has 2 rings (SSSR count). The highest BCUT2D eigenvalue weighted by Gasteiger charge is 2.24. The van der Waals surface area contributed by atoms with E-state index < -0.39 is 0 Å². The fourth-order valence-corrected chi connectivity index (χ4v) is 2.14. The summed E-state index contributed by atoms with van der Waals surface area (Å²) in [5.74, 6) is -0.0858. The predicted octanol–water partition coefficient (Wildman–Crippen LogP) is 2.06. The van der Waals surface area contributed by atoms with Crippen LogP contribution in [-0.4, -0.2) is 33.9 Å². The number of amides is 1. The van der Waals surface area contributed by atoms with E-state index in [0.29, 0.717) is 29.5 Å². The summed E-state index contributed by atoms with van der Waals surface area (Å²) in [4.78, 5) is 18.5. The first-order chi connectivity index (χ1) is 7.61. The predicted molar refractivity (Wildman–Crippen MR) is 69.7 cm³/mol. The molecule has 84 valence electrons. The molecule has 1 amide bonds. The van der Waals surface area contributed by atoms with Gasteiger partial charge in [-0.05, 0) is 28.9 Å². The van der Waals surface area contributed by atoms with Crippen LogP contribution in [0.25, 0.3) is 0 Å². The van der Waals surface area contributed by atoms with E-state index in [1.54, 1.807) is 11.1 Å². The SMILES string of the molecule is CCN1CC(=S)Nc2cc(Br)cnc2C1=O. The zero-order valence-corrected chi connectivity index (χ0v) is 11.1. The Hall–Kier alpha value is -1.01. The van der Waals surface area contributed by atoms with Gasteiger partial charge in [0.05, 0.1) is 17.2 Å². The molecule has 0 atom stereocenters. The van der Waals surface area contributed by atoms with Crippen molar-refractivity contribution in [2.24, 2.45) is 0 Å². The fraction of sp³-hybridized carbons (Fsp3) is 0.300. The number of nitrogens with one attached hydrogen (secondary N) is 1. The lowest BCUT2D eigenvalue weighted by atomic mass is 10.3. The number of rotatable bonds is 1. The Balaban J connectivity index is 2.50. The Labute approximate surface area is 107 Å². The van der Waals surface area contributed by atoms with Gasteiger partial charge in [-0.2, -0.15) is 0 Å². The molecule has 1 aliphatic heterocycles. The largest absolute Gasteiger partial charge is 0.347 e. The second-order valence-corrected chi connectivity index (χ2v) is 4.83. The summed E-state index contributed by atoms with van der Waals surface area (Å²) < 4.78 is 0.819. The quantitative estimate of drug-likeness (QED) is 0.806. The van der Waals surface area contributed by atoms with Gasteiger partial charge in [-0.15, -0.1) is 0 Å². The number of halogens is 1. The number of thiocarbonyl (C=S) groups is 1. The maximum Gasteiger partial charge on any atom is 0.274 e. The highest BCUT2D eigenvalue weighted by Crippen LogP contribution is 2.22. The van der Waals surface area contributed by atoms with Crippen molar-refractivity contribution >= 4 is 44.7 Å². The Morgan fingerprint density at radius 2 is 2.44 bits per heavy atom. The lowest BCUT2D eigenvalue weighted by Gasteiger charge is -2.16. The molecule has 6 heteroatoms. The number of hydrogen-bond donors (Lipinski definition) is 1. The minimum absolute atomic E-state index is 0.0858. The molecule has 0 spiro atoms. The first-order valence-corrected chi connectivity index (χ1v) is 6.06. The van der Waals surface area contributed by atoms with Crippen LogP contribution in [0.4, 0.5) is 5.69 Å². The number of hydrogen-bond acceptors (Lipinski definition) is 3. The van der Waals surface area contributed by atoms with E-state index in [4.69, 9.17) is 12.2 Å². The van der Waals surface area contributed by atoms with Crippen LogP contribution < -0.4 is 5.32 Å². The zero-order valence-electron chi connectivity index (χ0n) is 8.66. The first kappa shape index (κ1) is 11.5. The van der Waals surface area contributed by atoms with Gasteiger partial charge in [-0.3, -0.25) is 4.79 Å². The van der Waals surface area contributed by atoms with Crippen molar-refractivity contribution in [3.05, 3.63) is 22.4 Å². The molecule has 4 nitrogen and oxygen atoms in total. The van der Waals surface area contributed by atoms with Crippen molar-refractivity contribution in [3.63, 3.8) is 0 Å². The molecular weight excluding hydrogens is 290 g/mol. The van der Waals surface area contributed by atoms with Gasteiger partial charge in [0.1, 0.15) is 0 Å². The number of carbonyl (C=O) groups is 1. The average molecular weight is 300 g/mol. The summed E-state index contributed by atoms with van der Waals surface area (Å²) >= 11 is 8.48. The van der Waals surface area contributed by atoms with Gasteiger partial charge in [-0.25, -0.2) is 4.98 Å². The number of anilines is 1. The Morgan fingerprint density at radius 3 is 3.12 bits per heavy atom. The topological polar surface area (TPSA) is 45.2 Å².